The summed E-state index contributed by atoms with van der Waals surface area (Å²) in [7, 11) is 0. The highest BCUT2D eigenvalue weighted by Gasteiger charge is 2.06. The van der Waals surface area contributed by atoms with Crippen molar-refractivity contribution in [2.24, 2.45) is 0 Å². The molecule has 2 aromatic carbocycles. The second kappa shape index (κ2) is 4.80. The molecular weight excluding hydrogens is 246 g/mol. The minimum atomic E-state index is -0.547. The molecule has 3 aromatic rings. The Hall–Kier alpha value is -2.23. The average Bonchev–Trinajstić information content (AvgIpc) is 2.81. The first-order valence-electron chi connectivity index (χ1n) is 6.08. The van der Waals surface area contributed by atoms with Crippen LogP contribution in [0.25, 0.3) is 11.0 Å². The molecule has 0 atom stereocenters. The molecule has 1 aromatic heterocycles. The Labute approximate surface area is 109 Å². The van der Waals surface area contributed by atoms with Gasteiger partial charge >= 0.3 is 0 Å². The predicted octanol–water partition coefficient (Wildman–Crippen LogP) is 3.56. The summed E-state index contributed by atoms with van der Waals surface area (Å²) in [6.07, 6.45) is 2.25. The molecular formula is C15H12F2N2. The molecule has 0 spiro atoms. The normalized spacial score (nSPS) is 11.1. The zero-order valence-corrected chi connectivity index (χ0v) is 10.2. The van der Waals surface area contributed by atoms with Crippen LogP contribution in [-0.2, 0) is 13.0 Å². The maximum atomic E-state index is 13.5. The smallest absolute Gasteiger partial charge is 0.129 e. The van der Waals surface area contributed by atoms with E-state index in [4.69, 9.17) is 0 Å². The van der Waals surface area contributed by atoms with Crippen molar-refractivity contribution in [1.29, 1.82) is 0 Å². The third-order valence-corrected chi connectivity index (χ3v) is 3.16. The van der Waals surface area contributed by atoms with Gasteiger partial charge in [0.05, 0.1) is 17.4 Å². The van der Waals surface area contributed by atoms with E-state index in [-0.39, 0.29) is 0 Å². The number of aromatic nitrogens is 2. The van der Waals surface area contributed by atoms with E-state index in [1.54, 1.807) is 6.33 Å². The predicted molar refractivity (Wildman–Crippen MR) is 69.8 cm³/mol. The first-order chi connectivity index (χ1) is 9.24. The number of rotatable bonds is 3. The number of para-hydroxylation sites is 2. The van der Waals surface area contributed by atoms with Gasteiger partial charge in [-0.25, -0.2) is 13.8 Å². The van der Waals surface area contributed by atoms with Gasteiger partial charge in [0.1, 0.15) is 11.6 Å². The third kappa shape index (κ3) is 2.34. The monoisotopic (exact) mass is 258 g/mol. The number of imidazole rings is 1. The lowest BCUT2D eigenvalue weighted by Crippen LogP contribution is -2.01. The topological polar surface area (TPSA) is 17.8 Å². The van der Waals surface area contributed by atoms with Crippen molar-refractivity contribution >= 4 is 11.0 Å². The van der Waals surface area contributed by atoms with Gasteiger partial charge in [-0.15, -0.1) is 0 Å². The summed E-state index contributed by atoms with van der Waals surface area (Å²) in [5.41, 5.74) is 2.45. The van der Waals surface area contributed by atoms with Crippen molar-refractivity contribution in [2.75, 3.05) is 0 Å². The van der Waals surface area contributed by atoms with Crippen LogP contribution in [0.5, 0.6) is 0 Å². The van der Waals surface area contributed by atoms with Crippen LogP contribution in [0.2, 0.25) is 0 Å². The summed E-state index contributed by atoms with van der Waals surface area (Å²) in [5.74, 6) is -1.04. The van der Waals surface area contributed by atoms with E-state index in [0.29, 0.717) is 18.5 Å². The molecule has 0 N–H and O–H groups in total. The lowest BCUT2D eigenvalue weighted by molar-refractivity contribution is 0.565. The van der Waals surface area contributed by atoms with E-state index < -0.39 is 11.6 Å². The molecule has 3 rings (SSSR count). The third-order valence-electron chi connectivity index (χ3n) is 3.16. The molecule has 0 unspecified atom stereocenters. The summed E-state index contributed by atoms with van der Waals surface area (Å²) >= 11 is 0. The Bertz CT molecular complexity index is 719. The Morgan fingerprint density at radius 3 is 2.74 bits per heavy atom. The van der Waals surface area contributed by atoms with Crippen molar-refractivity contribution < 1.29 is 8.78 Å². The first-order valence-corrected chi connectivity index (χ1v) is 6.08. The van der Waals surface area contributed by atoms with E-state index in [0.717, 1.165) is 17.1 Å². The second-order valence-electron chi connectivity index (χ2n) is 4.41. The van der Waals surface area contributed by atoms with Crippen LogP contribution in [0, 0.1) is 11.6 Å². The van der Waals surface area contributed by atoms with Gasteiger partial charge in [0.25, 0.3) is 0 Å². The number of halogens is 2. The Morgan fingerprint density at radius 1 is 1.05 bits per heavy atom. The Kier molecular flexibility index (Phi) is 2.99. The van der Waals surface area contributed by atoms with Crippen LogP contribution in [0.15, 0.2) is 48.8 Å². The lowest BCUT2D eigenvalue weighted by atomic mass is 10.1. The highest BCUT2D eigenvalue weighted by molar-refractivity contribution is 5.74. The Balaban J connectivity index is 1.82. The minimum absolute atomic E-state index is 0.496. The first kappa shape index (κ1) is 11.8. The van der Waals surface area contributed by atoms with E-state index in [9.17, 15) is 8.78 Å². The quantitative estimate of drug-likeness (QED) is 0.702. The molecule has 1 heterocycles. The van der Waals surface area contributed by atoms with Crippen LogP contribution in [0.3, 0.4) is 0 Å². The molecule has 0 saturated heterocycles. The van der Waals surface area contributed by atoms with Gasteiger partial charge in [-0.05, 0) is 30.2 Å². The number of hydrogen-bond donors (Lipinski definition) is 0. The number of fused-ring (bicyclic) bond motifs is 1. The van der Waals surface area contributed by atoms with E-state index in [1.165, 1.54) is 12.1 Å². The summed E-state index contributed by atoms with van der Waals surface area (Å²) in [6, 6.07) is 11.5. The van der Waals surface area contributed by atoms with Gasteiger partial charge in [-0.3, -0.25) is 0 Å². The van der Waals surface area contributed by atoms with Crippen molar-refractivity contribution in [1.82, 2.24) is 9.55 Å². The zero-order valence-electron chi connectivity index (χ0n) is 10.2. The fourth-order valence-corrected chi connectivity index (χ4v) is 2.15. The van der Waals surface area contributed by atoms with Crippen molar-refractivity contribution in [2.45, 2.75) is 13.0 Å². The van der Waals surface area contributed by atoms with Gasteiger partial charge in [0, 0.05) is 12.6 Å². The maximum absolute atomic E-state index is 13.5. The highest BCUT2D eigenvalue weighted by atomic mass is 19.1. The van der Waals surface area contributed by atoms with Gasteiger partial charge in [-0.2, -0.15) is 0 Å². The van der Waals surface area contributed by atoms with Crippen LogP contribution in [0.1, 0.15) is 5.56 Å². The van der Waals surface area contributed by atoms with E-state index in [2.05, 4.69) is 4.98 Å². The molecule has 0 amide bonds. The lowest BCUT2D eigenvalue weighted by Gasteiger charge is -2.05. The molecule has 96 valence electrons. The molecule has 0 radical (unpaired) electrons. The SMILES string of the molecule is Fc1ccc(CCn2cnc3ccccc32)c(F)c1. The van der Waals surface area contributed by atoms with Gasteiger partial charge in [-0.1, -0.05) is 18.2 Å². The van der Waals surface area contributed by atoms with Crippen molar-refractivity contribution in [3.05, 3.63) is 66.0 Å². The van der Waals surface area contributed by atoms with Crippen LogP contribution >= 0.6 is 0 Å². The molecule has 4 heteroatoms. The summed E-state index contributed by atoms with van der Waals surface area (Å²) < 4.78 is 28.3. The van der Waals surface area contributed by atoms with Crippen LogP contribution in [-0.4, -0.2) is 9.55 Å². The average molecular weight is 258 g/mol. The summed E-state index contributed by atoms with van der Waals surface area (Å²) in [4.78, 5) is 4.28. The van der Waals surface area contributed by atoms with E-state index in [1.807, 2.05) is 28.8 Å². The van der Waals surface area contributed by atoms with Gasteiger partial charge in [0.15, 0.2) is 0 Å². The number of hydrogen-bond acceptors (Lipinski definition) is 1. The molecule has 0 fully saturated rings. The molecule has 2 nitrogen and oxygen atoms in total. The summed E-state index contributed by atoms with van der Waals surface area (Å²) in [5, 5.41) is 0. The molecule has 19 heavy (non-hydrogen) atoms. The standard InChI is InChI=1S/C15H12F2N2/c16-12-6-5-11(13(17)9-12)7-8-19-10-18-14-3-1-2-4-15(14)19/h1-6,9-10H,7-8H2. The summed E-state index contributed by atoms with van der Waals surface area (Å²) in [6.45, 7) is 0.614. The molecule has 0 aliphatic rings. The van der Waals surface area contributed by atoms with E-state index >= 15 is 0 Å². The molecule has 0 saturated carbocycles. The molecule has 0 bridgehead atoms. The largest absolute Gasteiger partial charge is 0.330 e. The van der Waals surface area contributed by atoms with Gasteiger partial charge in [0.2, 0.25) is 0 Å². The number of benzene rings is 2. The fraction of sp³-hybridized carbons (Fsp3) is 0.133. The van der Waals surface area contributed by atoms with Crippen LogP contribution < -0.4 is 0 Å². The van der Waals surface area contributed by atoms with Crippen LogP contribution in [0.4, 0.5) is 8.78 Å². The van der Waals surface area contributed by atoms with Crippen molar-refractivity contribution in [3.8, 4) is 0 Å². The zero-order chi connectivity index (χ0) is 13.2. The number of nitrogens with zero attached hydrogens (tertiary/aromatic N) is 2. The molecule has 0 aliphatic carbocycles. The fourth-order valence-electron chi connectivity index (χ4n) is 2.15. The Morgan fingerprint density at radius 2 is 1.89 bits per heavy atom. The second-order valence-corrected chi connectivity index (χ2v) is 4.41. The molecule has 0 aliphatic heterocycles. The number of aryl methyl sites for hydroxylation is 2. The minimum Gasteiger partial charge on any atom is -0.330 e. The highest BCUT2D eigenvalue weighted by Crippen LogP contribution is 2.15. The van der Waals surface area contributed by atoms with Gasteiger partial charge < -0.3 is 4.57 Å². The maximum Gasteiger partial charge on any atom is 0.129 e. The van der Waals surface area contributed by atoms with Crippen molar-refractivity contribution in [3.63, 3.8) is 0 Å².